The summed E-state index contributed by atoms with van der Waals surface area (Å²) < 4.78 is 6.52. The van der Waals surface area contributed by atoms with E-state index >= 15 is 0 Å². The molecule has 1 atom stereocenters. The fraction of sp³-hybridized carbons (Fsp3) is 0.500. The van der Waals surface area contributed by atoms with Gasteiger partial charge in [0.05, 0.1) is 24.3 Å². The highest BCUT2D eigenvalue weighted by Crippen LogP contribution is 2.36. The largest absolute Gasteiger partial charge is 0.481 e. The topological polar surface area (TPSA) is 94.0 Å². The van der Waals surface area contributed by atoms with Gasteiger partial charge >= 0.3 is 5.97 Å². The molecule has 1 N–H and O–H groups in total. The zero-order valence-corrected chi connectivity index (χ0v) is 12.1. The first kappa shape index (κ1) is 14.5. The SMILES string of the molecule is CC(C)(C)C(CC(=O)O)n1nnnc1-c1ccoc1Cl. The second-order valence-electron chi connectivity index (χ2n) is 5.53. The van der Waals surface area contributed by atoms with Crippen molar-refractivity contribution >= 4 is 17.6 Å². The normalized spacial score (nSPS) is 13.4. The minimum absolute atomic E-state index is 0.0863. The maximum Gasteiger partial charge on any atom is 0.305 e. The number of aromatic nitrogens is 4. The Morgan fingerprint density at radius 3 is 2.75 bits per heavy atom. The number of hydrogen-bond donors (Lipinski definition) is 1. The molecule has 0 aliphatic heterocycles. The Balaban J connectivity index is 2.48. The molecule has 0 radical (unpaired) electrons. The van der Waals surface area contributed by atoms with Gasteiger partial charge in [-0.15, -0.1) is 5.10 Å². The van der Waals surface area contributed by atoms with Gasteiger partial charge in [0.1, 0.15) is 0 Å². The van der Waals surface area contributed by atoms with E-state index in [9.17, 15) is 4.79 Å². The lowest BCUT2D eigenvalue weighted by molar-refractivity contribution is -0.138. The molecule has 8 heteroatoms. The first-order valence-electron chi connectivity index (χ1n) is 6.03. The number of rotatable bonds is 4. The minimum Gasteiger partial charge on any atom is -0.481 e. The summed E-state index contributed by atoms with van der Waals surface area (Å²) in [5.74, 6) is -0.519. The highest BCUT2D eigenvalue weighted by Gasteiger charge is 2.32. The van der Waals surface area contributed by atoms with E-state index in [-0.39, 0.29) is 17.1 Å². The molecule has 108 valence electrons. The van der Waals surface area contributed by atoms with Crippen LogP contribution < -0.4 is 0 Å². The van der Waals surface area contributed by atoms with Gasteiger partial charge in [0.2, 0.25) is 5.22 Å². The number of furan rings is 1. The van der Waals surface area contributed by atoms with Crippen molar-refractivity contribution in [2.45, 2.75) is 33.2 Å². The average Bonchev–Trinajstić information content (AvgIpc) is 2.92. The lowest BCUT2D eigenvalue weighted by Crippen LogP contribution is -2.28. The van der Waals surface area contributed by atoms with Crippen LogP contribution in [-0.4, -0.2) is 31.3 Å². The van der Waals surface area contributed by atoms with E-state index in [0.29, 0.717) is 11.4 Å². The number of nitrogens with zero attached hydrogens (tertiary/aromatic N) is 4. The summed E-state index contributed by atoms with van der Waals surface area (Å²) >= 11 is 5.94. The van der Waals surface area contributed by atoms with Gasteiger partial charge in [-0.25, -0.2) is 4.68 Å². The third-order valence-electron chi connectivity index (χ3n) is 3.01. The lowest BCUT2D eigenvalue weighted by atomic mass is 9.84. The Bertz CT molecular complexity index is 614. The Hall–Kier alpha value is -1.89. The van der Waals surface area contributed by atoms with E-state index < -0.39 is 12.0 Å². The molecule has 20 heavy (non-hydrogen) atoms. The van der Waals surface area contributed by atoms with Gasteiger partial charge < -0.3 is 9.52 Å². The summed E-state index contributed by atoms with van der Waals surface area (Å²) in [5, 5.41) is 20.7. The number of aliphatic carboxylic acids is 1. The fourth-order valence-electron chi connectivity index (χ4n) is 1.96. The van der Waals surface area contributed by atoms with Crippen molar-refractivity contribution in [2.75, 3.05) is 0 Å². The van der Waals surface area contributed by atoms with Crippen molar-refractivity contribution in [3.05, 3.63) is 17.5 Å². The third-order valence-corrected chi connectivity index (χ3v) is 3.31. The van der Waals surface area contributed by atoms with E-state index in [0.717, 1.165) is 0 Å². The fourth-order valence-corrected chi connectivity index (χ4v) is 2.16. The molecule has 1 unspecified atom stereocenters. The minimum atomic E-state index is -0.912. The van der Waals surface area contributed by atoms with Gasteiger partial charge in [0.25, 0.3) is 0 Å². The highest BCUT2D eigenvalue weighted by molar-refractivity contribution is 6.31. The average molecular weight is 299 g/mol. The van der Waals surface area contributed by atoms with Crippen LogP contribution in [0, 0.1) is 5.41 Å². The van der Waals surface area contributed by atoms with Crippen molar-refractivity contribution in [2.24, 2.45) is 5.41 Å². The van der Waals surface area contributed by atoms with E-state index in [1.54, 1.807) is 6.07 Å². The molecule has 0 aliphatic carbocycles. The van der Waals surface area contributed by atoms with Crippen molar-refractivity contribution in [1.29, 1.82) is 0 Å². The number of halogens is 1. The number of carboxylic acids is 1. The van der Waals surface area contributed by atoms with Crippen LogP contribution in [0.2, 0.25) is 5.22 Å². The molecule has 2 aromatic heterocycles. The molecule has 0 saturated heterocycles. The van der Waals surface area contributed by atoms with Crippen LogP contribution in [0.3, 0.4) is 0 Å². The van der Waals surface area contributed by atoms with E-state index in [1.807, 2.05) is 20.8 Å². The lowest BCUT2D eigenvalue weighted by Gasteiger charge is -2.29. The molecule has 0 amide bonds. The molecule has 0 aromatic carbocycles. The molecule has 0 bridgehead atoms. The molecule has 0 aliphatic rings. The van der Waals surface area contributed by atoms with Gasteiger partial charge in [-0.3, -0.25) is 4.79 Å². The molecular formula is C12H15ClN4O3. The van der Waals surface area contributed by atoms with Gasteiger partial charge in [0.15, 0.2) is 5.82 Å². The molecule has 0 spiro atoms. The molecule has 0 saturated carbocycles. The third kappa shape index (κ3) is 2.82. The van der Waals surface area contributed by atoms with E-state index in [2.05, 4.69) is 15.5 Å². The zero-order chi connectivity index (χ0) is 14.9. The van der Waals surface area contributed by atoms with Gasteiger partial charge in [0, 0.05) is 0 Å². The highest BCUT2D eigenvalue weighted by atomic mass is 35.5. The molecular weight excluding hydrogens is 284 g/mol. The second-order valence-corrected chi connectivity index (χ2v) is 5.88. The van der Waals surface area contributed by atoms with Crippen LogP contribution in [-0.2, 0) is 4.79 Å². The summed E-state index contributed by atoms with van der Waals surface area (Å²) in [4.78, 5) is 11.1. The summed E-state index contributed by atoms with van der Waals surface area (Å²) in [5.41, 5.74) is 0.204. The van der Waals surface area contributed by atoms with Crippen LogP contribution >= 0.6 is 11.6 Å². The smallest absolute Gasteiger partial charge is 0.305 e. The number of carbonyl (C=O) groups is 1. The summed E-state index contributed by atoms with van der Waals surface area (Å²) in [7, 11) is 0. The molecule has 2 rings (SSSR count). The van der Waals surface area contributed by atoms with Crippen molar-refractivity contribution in [3.63, 3.8) is 0 Å². The van der Waals surface area contributed by atoms with Crippen molar-refractivity contribution in [3.8, 4) is 11.4 Å². The van der Waals surface area contributed by atoms with Crippen LogP contribution in [0.15, 0.2) is 16.7 Å². The Morgan fingerprint density at radius 2 is 2.25 bits per heavy atom. The molecule has 2 aromatic rings. The van der Waals surface area contributed by atoms with Gasteiger partial charge in [-0.2, -0.15) is 0 Å². The number of carboxylic acid groups (broad SMARTS) is 1. The summed E-state index contributed by atoms with van der Waals surface area (Å²) in [6.45, 7) is 5.80. The quantitative estimate of drug-likeness (QED) is 0.932. The summed E-state index contributed by atoms with van der Waals surface area (Å²) in [6, 6.07) is 1.24. The Morgan fingerprint density at radius 1 is 1.55 bits per heavy atom. The molecule has 7 nitrogen and oxygen atoms in total. The van der Waals surface area contributed by atoms with Gasteiger partial charge in [-0.05, 0) is 33.5 Å². The van der Waals surface area contributed by atoms with Crippen LogP contribution in [0.5, 0.6) is 0 Å². The predicted molar refractivity (Wildman–Crippen MR) is 71.3 cm³/mol. The number of tetrazole rings is 1. The van der Waals surface area contributed by atoms with Crippen LogP contribution in [0.25, 0.3) is 11.4 Å². The van der Waals surface area contributed by atoms with E-state index in [4.69, 9.17) is 21.1 Å². The number of hydrogen-bond acceptors (Lipinski definition) is 5. The molecule has 2 heterocycles. The maximum absolute atomic E-state index is 11.1. The predicted octanol–water partition coefficient (Wildman–Crippen LogP) is 2.65. The van der Waals surface area contributed by atoms with Crippen molar-refractivity contribution < 1.29 is 14.3 Å². The molecule has 0 fully saturated rings. The van der Waals surface area contributed by atoms with Crippen molar-refractivity contribution in [1.82, 2.24) is 20.2 Å². The second kappa shape index (κ2) is 5.24. The zero-order valence-electron chi connectivity index (χ0n) is 11.4. The Kier molecular flexibility index (Phi) is 3.80. The maximum atomic E-state index is 11.1. The standard InChI is InChI=1S/C12H15ClN4O3/c1-12(2,3)8(6-9(18)19)17-11(14-15-16-17)7-4-5-20-10(7)13/h4-5,8H,6H2,1-3H3,(H,18,19). The Labute approximate surface area is 120 Å². The van der Waals surface area contributed by atoms with Crippen LogP contribution in [0.1, 0.15) is 33.2 Å². The van der Waals surface area contributed by atoms with E-state index in [1.165, 1.54) is 10.9 Å². The van der Waals surface area contributed by atoms with Crippen LogP contribution in [0.4, 0.5) is 0 Å². The van der Waals surface area contributed by atoms with Gasteiger partial charge in [-0.1, -0.05) is 20.8 Å². The first-order chi connectivity index (χ1) is 9.30. The monoisotopic (exact) mass is 298 g/mol. The first-order valence-corrected chi connectivity index (χ1v) is 6.41. The summed E-state index contributed by atoms with van der Waals surface area (Å²) in [6.07, 6.45) is 1.34.